The second-order valence-electron chi connectivity index (χ2n) is 4.69. The lowest BCUT2D eigenvalue weighted by atomic mass is 9.99. The van der Waals surface area contributed by atoms with Crippen LogP contribution in [-0.4, -0.2) is 6.54 Å². The minimum absolute atomic E-state index is 0.000825. The Bertz CT molecular complexity index is 595. The average molecular weight is 378 g/mol. The summed E-state index contributed by atoms with van der Waals surface area (Å²) in [7, 11) is 0. The van der Waals surface area contributed by atoms with Gasteiger partial charge in [0, 0.05) is 15.9 Å². The number of nitrogens with one attached hydrogen (secondary N) is 1. The van der Waals surface area contributed by atoms with Crippen molar-refractivity contribution in [3.63, 3.8) is 0 Å². The van der Waals surface area contributed by atoms with Gasteiger partial charge in [0.2, 0.25) is 0 Å². The maximum absolute atomic E-state index is 12.8. The van der Waals surface area contributed by atoms with Gasteiger partial charge in [-0.2, -0.15) is 24.5 Å². The second-order valence-corrected chi connectivity index (χ2v) is 6.29. The molecule has 1 heterocycles. The highest BCUT2D eigenvalue weighted by Gasteiger charge is 2.30. The third-order valence-corrected chi connectivity index (χ3v) is 4.91. The number of rotatable bonds is 5. The van der Waals surface area contributed by atoms with Crippen LogP contribution in [0.15, 0.2) is 39.5 Å². The van der Waals surface area contributed by atoms with E-state index in [0.29, 0.717) is 12.0 Å². The molecule has 6 heteroatoms. The van der Waals surface area contributed by atoms with E-state index in [1.807, 2.05) is 17.7 Å². The smallest absolute Gasteiger partial charge is 0.310 e. The molecular formula is C15H15BrF3NS. The molecule has 0 amide bonds. The van der Waals surface area contributed by atoms with E-state index in [2.05, 4.69) is 21.2 Å². The van der Waals surface area contributed by atoms with E-state index < -0.39 is 11.7 Å². The molecule has 1 aromatic heterocycles. The van der Waals surface area contributed by atoms with Crippen molar-refractivity contribution in [3.8, 4) is 0 Å². The van der Waals surface area contributed by atoms with Gasteiger partial charge in [-0.3, -0.25) is 0 Å². The first kappa shape index (κ1) is 16.5. The Balaban J connectivity index is 2.24. The maximum atomic E-state index is 12.8. The van der Waals surface area contributed by atoms with Gasteiger partial charge in [-0.1, -0.05) is 25.1 Å². The van der Waals surface area contributed by atoms with Crippen LogP contribution in [-0.2, 0) is 12.6 Å². The molecule has 1 unspecified atom stereocenters. The van der Waals surface area contributed by atoms with Crippen LogP contribution < -0.4 is 5.32 Å². The van der Waals surface area contributed by atoms with Gasteiger partial charge in [-0.15, -0.1) is 0 Å². The summed E-state index contributed by atoms with van der Waals surface area (Å²) >= 11 is 5.06. The molecule has 21 heavy (non-hydrogen) atoms. The number of likely N-dealkylation sites (N-methyl/N-ethyl adjacent to an activating group) is 1. The summed E-state index contributed by atoms with van der Waals surface area (Å²) in [4.78, 5) is 0. The first-order valence-corrected chi connectivity index (χ1v) is 8.26. The predicted molar refractivity (Wildman–Crippen MR) is 83.6 cm³/mol. The number of halogens is 4. The number of hydrogen-bond acceptors (Lipinski definition) is 2. The van der Waals surface area contributed by atoms with Gasteiger partial charge >= 0.3 is 6.18 Å². The Kier molecular flexibility index (Phi) is 5.46. The molecule has 0 spiro atoms. The standard InChI is InChI=1S/C15H15BrF3NS/c1-2-20-14(12-8-21-9-13(12)16)7-10-4-3-5-11(6-10)15(17,18)19/h3-6,8-9,14,20H,2,7H2,1H3. The molecule has 1 atom stereocenters. The van der Waals surface area contributed by atoms with Crippen LogP contribution in [0.1, 0.15) is 29.7 Å². The van der Waals surface area contributed by atoms with Crippen LogP contribution in [0.4, 0.5) is 13.2 Å². The van der Waals surface area contributed by atoms with Gasteiger partial charge in [0.1, 0.15) is 0 Å². The van der Waals surface area contributed by atoms with Gasteiger partial charge in [0.25, 0.3) is 0 Å². The number of benzene rings is 1. The molecule has 0 saturated carbocycles. The topological polar surface area (TPSA) is 12.0 Å². The molecule has 0 saturated heterocycles. The average Bonchev–Trinajstić information content (AvgIpc) is 2.84. The third-order valence-electron chi connectivity index (χ3n) is 3.16. The highest BCUT2D eigenvalue weighted by molar-refractivity contribution is 9.10. The molecule has 0 radical (unpaired) electrons. The normalized spacial score (nSPS) is 13.4. The van der Waals surface area contributed by atoms with Crippen LogP contribution in [0.3, 0.4) is 0 Å². The van der Waals surface area contributed by atoms with Crippen molar-refractivity contribution in [1.29, 1.82) is 0 Å². The SMILES string of the molecule is CCNC(Cc1cccc(C(F)(F)F)c1)c1cscc1Br. The van der Waals surface area contributed by atoms with Gasteiger partial charge in [0.05, 0.1) is 5.56 Å². The van der Waals surface area contributed by atoms with Gasteiger partial charge in [-0.05, 0) is 51.5 Å². The summed E-state index contributed by atoms with van der Waals surface area (Å²) in [5.74, 6) is 0. The van der Waals surface area contributed by atoms with Crippen LogP contribution in [0, 0.1) is 0 Å². The van der Waals surface area contributed by atoms with Crippen molar-refractivity contribution in [3.05, 3.63) is 56.2 Å². The Hall–Kier alpha value is -0.850. The van der Waals surface area contributed by atoms with Crippen molar-refractivity contribution >= 4 is 27.3 Å². The summed E-state index contributed by atoms with van der Waals surface area (Å²) in [6.07, 6.45) is -3.78. The lowest BCUT2D eigenvalue weighted by molar-refractivity contribution is -0.137. The van der Waals surface area contributed by atoms with Crippen molar-refractivity contribution < 1.29 is 13.2 Å². The van der Waals surface area contributed by atoms with Crippen LogP contribution in [0.5, 0.6) is 0 Å². The fourth-order valence-corrected chi connectivity index (χ4v) is 3.82. The van der Waals surface area contributed by atoms with Crippen molar-refractivity contribution in [2.75, 3.05) is 6.54 Å². The maximum Gasteiger partial charge on any atom is 0.416 e. The summed E-state index contributed by atoms with van der Waals surface area (Å²) in [6.45, 7) is 2.74. The molecule has 2 rings (SSSR count). The summed E-state index contributed by atoms with van der Waals surface area (Å²) in [5.41, 5.74) is 1.16. The molecule has 0 bridgehead atoms. The Morgan fingerprint density at radius 1 is 1.29 bits per heavy atom. The quantitative estimate of drug-likeness (QED) is 0.732. The zero-order valence-electron chi connectivity index (χ0n) is 11.4. The van der Waals surface area contributed by atoms with E-state index in [-0.39, 0.29) is 6.04 Å². The molecule has 1 N–H and O–H groups in total. The van der Waals surface area contributed by atoms with Crippen LogP contribution >= 0.6 is 27.3 Å². The molecule has 0 fully saturated rings. The van der Waals surface area contributed by atoms with Gasteiger partial charge < -0.3 is 5.32 Å². The van der Waals surface area contributed by atoms with E-state index in [4.69, 9.17) is 0 Å². The lowest BCUT2D eigenvalue weighted by Gasteiger charge is -2.18. The zero-order chi connectivity index (χ0) is 15.5. The molecule has 0 aliphatic rings. The van der Waals surface area contributed by atoms with Crippen molar-refractivity contribution in [2.45, 2.75) is 25.6 Å². The molecule has 0 aliphatic heterocycles. The molecular weight excluding hydrogens is 363 g/mol. The Morgan fingerprint density at radius 3 is 2.62 bits per heavy atom. The Labute approximate surface area is 134 Å². The molecule has 114 valence electrons. The second kappa shape index (κ2) is 6.94. The highest BCUT2D eigenvalue weighted by Crippen LogP contribution is 2.32. The largest absolute Gasteiger partial charge is 0.416 e. The first-order chi connectivity index (χ1) is 9.91. The van der Waals surface area contributed by atoms with E-state index in [0.717, 1.165) is 22.6 Å². The monoisotopic (exact) mass is 377 g/mol. The first-order valence-electron chi connectivity index (χ1n) is 6.53. The summed E-state index contributed by atoms with van der Waals surface area (Å²) in [5, 5.41) is 7.32. The number of thiophene rings is 1. The van der Waals surface area contributed by atoms with Crippen LogP contribution in [0.2, 0.25) is 0 Å². The van der Waals surface area contributed by atoms with E-state index in [9.17, 15) is 13.2 Å². The lowest BCUT2D eigenvalue weighted by Crippen LogP contribution is -2.23. The number of alkyl halides is 3. The Morgan fingerprint density at radius 2 is 2.05 bits per heavy atom. The van der Waals surface area contributed by atoms with Gasteiger partial charge in [0.15, 0.2) is 0 Å². The molecule has 0 aliphatic carbocycles. The minimum Gasteiger partial charge on any atom is -0.310 e. The zero-order valence-corrected chi connectivity index (χ0v) is 13.8. The molecule has 1 aromatic carbocycles. The van der Waals surface area contributed by atoms with Crippen LogP contribution in [0.25, 0.3) is 0 Å². The van der Waals surface area contributed by atoms with E-state index in [1.165, 1.54) is 12.1 Å². The summed E-state index contributed by atoms with van der Waals surface area (Å²) < 4.78 is 39.3. The van der Waals surface area contributed by atoms with Crippen molar-refractivity contribution in [2.24, 2.45) is 0 Å². The highest BCUT2D eigenvalue weighted by atomic mass is 79.9. The summed E-state index contributed by atoms with van der Waals surface area (Å²) in [6, 6.07) is 5.53. The van der Waals surface area contributed by atoms with Crippen molar-refractivity contribution in [1.82, 2.24) is 5.32 Å². The molecule has 1 nitrogen and oxygen atoms in total. The fourth-order valence-electron chi connectivity index (χ4n) is 2.19. The molecule has 2 aromatic rings. The third kappa shape index (κ3) is 4.31. The van der Waals surface area contributed by atoms with E-state index >= 15 is 0 Å². The van der Waals surface area contributed by atoms with E-state index in [1.54, 1.807) is 17.4 Å². The fraction of sp³-hybridized carbons (Fsp3) is 0.333. The minimum atomic E-state index is -4.30. The van der Waals surface area contributed by atoms with Gasteiger partial charge in [-0.25, -0.2) is 0 Å². The predicted octanol–water partition coefficient (Wildman–Crippen LogP) is 5.42. The number of hydrogen-bond donors (Lipinski definition) is 1.